The number of carbonyl (C=O) groups excluding carboxylic acids is 3. The van der Waals surface area contributed by atoms with E-state index in [0.29, 0.717) is 22.9 Å². The summed E-state index contributed by atoms with van der Waals surface area (Å²) >= 11 is 0.918. The van der Waals surface area contributed by atoms with E-state index < -0.39 is 23.3 Å². The maximum Gasteiger partial charge on any atom is 0.338 e. The van der Waals surface area contributed by atoms with Gasteiger partial charge in [-0.1, -0.05) is 35.6 Å². The molecule has 5 aromatic rings. The molecular formula is C30H24N4O6S. The van der Waals surface area contributed by atoms with E-state index in [9.17, 15) is 19.2 Å². The largest absolute Gasteiger partial charge is 0.462 e. The van der Waals surface area contributed by atoms with Gasteiger partial charge in [-0.3, -0.25) is 14.4 Å². The predicted octanol–water partition coefficient (Wildman–Crippen LogP) is 5.54. The Labute approximate surface area is 238 Å². The van der Waals surface area contributed by atoms with Crippen molar-refractivity contribution in [1.82, 2.24) is 9.38 Å². The van der Waals surface area contributed by atoms with Crippen molar-refractivity contribution in [3.05, 3.63) is 117 Å². The fourth-order valence-corrected chi connectivity index (χ4v) is 5.06. The van der Waals surface area contributed by atoms with Crippen molar-refractivity contribution in [3.8, 4) is 11.5 Å². The van der Waals surface area contributed by atoms with Crippen LogP contribution in [0.2, 0.25) is 0 Å². The number of aryl methyl sites for hydroxylation is 1. The highest BCUT2D eigenvalue weighted by Gasteiger charge is 2.26. The summed E-state index contributed by atoms with van der Waals surface area (Å²) in [5.74, 6) is -0.610. The smallest absolute Gasteiger partial charge is 0.338 e. The van der Waals surface area contributed by atoms with E-state index in [0.717, 1.165) is 15.7 Å². The number of para-hydroxylation sites is 1. The Balaban J connectivity index is 1.43. The Kier molecular flexibility index (Phi) is 7.88. The van der Waals surface area contributed by atoms with Gasteiger partial charge in [-0.05, 0) is 68.4 Å². The molecule has 0 aliphatic rings. The fraction of sp³-hybridized carbons (Fsp3) is 0.100. The van der Waals surface area contributed by atoms with Gasteiger partial charge in [0.2, 0.25) is 0 Å². The minimum Gasteiger partial charge on any atom is -0.462 e. The molecule has 0 saturated carbocycles. The molecule has 0 fully saturated rings. The number of hydrogen-bond donors (Lipinski definition) is 2. The normalized spacial score (nSPS) is 10.7. The average Bonchev–Trinajstić information content (AvgIpc) is 3.35. The summed E-state index contributed by atoms with van der Waals surface area (Å²) in [5, 5.41) is 5.45. The molecule has 0 aliphatic carbocycles. The zero-order chi connectivity index (χ0) is 28.9. The number of rotatable bonds is 8. The molecule has 2 amide bonds. The van der Waals surface area contributed by atoms with E-state index in [1.165, 1.54) is 12.1 Å². The molecular weight excluding hydrogens is 544 g/mol. The van der Waals surface area contributed by atoms with Crippen LogP contribution < -0.4 is 20.9 Å². The van der Waals surface area contributed by atoms with E-state index >= 15 is 0 Å². The number of nitrogens with zero attached hydrogens (tertiary/aromatic N) is 2. The molecule has 2 aromatic heterocycles. The third kappa shape index (κ3) is 6.15. The molecule has 0 bridgehead atoms. The molecule has 0 aliphatic heterocycles. The minimum atomic E-state index is -0.721. The molecule has 206 valence electrons. The minimum absolute atomic E-state index is 0.0103. The van der Waals surface area contributed by atoms with E-state index in [-0.39, 0.29) is 33.4 Å². The summed E-state index contributed by atoms with van der Waals surface area (Å²) < 4.78 is 11.9. The molecule has 11 heteroatoms. The number of ether oxygens (including phenoxy) is 2. The number of nitrogens with one attached hydrogen (secondary N) is 2. The topological polar surface area (TPSA) is 128 Å². The summed E-state index contributed by atoms with van der Waals surface area (Å²) in [5.41, 5.74) is 0.755. The van der Waals surface area contributed by atoms with Gasteiger partial charge in [0.25, 0.3) is 17.4 Å². The quantitative estimate of drug-likeness (QED) is 0.235. The van der Waals surface area contributed by atoms with Crippen molar-refractivity contribution < 1.29 is 23.9 Å². The average molecular weight is 569 g/mol. The Bertz CT molecular complexity index is 1810. The van der Waals surface area contributed by atoms with Crippen molar-refractivity contribution in [2.75, 3.05) is 17.2 Å². The first-order valence-corrected chi connectivity index (χ1v) is 13.4. The number of carbonyl (C=O) groups is 3. The zero-order valence-corrected chi connectivity index (χ0v) is 22.9. The first-order valence-electron chi connectivity index (χ1n) is 12.6. The predicted molar refractivity (Wildman–Crippen MR) is 155 cm³/mol. The molecule has 0 spiro atoms. The van der Waals surface area contributed by atoms with Crippen LogP contribution in [0.25, 0.3) is 4.96 Å². The van der Waals surface area contributed by atoms with Gasteiger partial charge in [0, 0.05) is 23.1 Å². The van der Waals surface area contributed by atoms with E-state index in [4.69, 9.17) is 9.47 Å². The number of benzene rings is 3. The number of fused-ring (bicyclic) bond motifs is 1. The zero-order valence-electron chi connectivity index (χ0n) is 22.0. The van der Waals surface area contributed by atoms with Crippen molar-refractivity contribution in [2.24, 2.45) is 0 Å². The molecule has 0 atom stereocenters. The van der Waals surface area contributed by atoms with Crippen LogP contribution in [0.15, 0.2) is 89.7 Å². The van der Waals surface area contributed by atoms with Gasteiger partial charge in [0.15, 0.2) is 4.96 Å². The second kappa shape index (κ2) is 11.8. The van der Waals surface area contributed by atoms with Crippen LogP contribution >= 0.6 is 11.3 Å². The van der Waals surface area contributed by atoms with Gasteiger partial charge >= 0.3 is 5.97 Å². The lowest BCUT2D eigenvalue weighted by atomic mass is 10.2. The molecule has 5 rings (SSSR count). The van der Waals surface area contributed by atoms with E-state index in [1.807, 2.05) is 30.3 Å². The van der Waals surface area contributed by atoms with Crippen LogP contribution in [0.5, 0.6) is 11.5 Å². The number of amides is 2. The third-order valence-corrected chi connectivity index (χ3v) is 6.83. The second-order valence-corrected chi connectivity index (χ2v) is 9.76. The lowest BCUT2D eigenvalue weighted by Gasteiger charge is -2.10. The summed E-state index contributed by atoms with van der Waals surface area (Å²) in [6.45, 7) is 3.55. The van der Waals surface area contributed by atoms with Crippen molar-refractivity contribution in [1.29, 1.82) is 0 Å². The van der Waals surface area contributed by atoms with Gasteiger partial charge < -0.3 is 20.1 Å². The Morgan fingerprint density at radius 2 is 1.56 bits per heavy atom. The highest BCUT2D eigenvalue weighted by molar-refractivity contribution is 7.19. The summed E-state index contributed by atoms with van der Waals surface area (Å²) in [7, 11) is 0. The van der Waals surface area contributed by atoms with Crippen LogP contribution in [0, 0.1) is 6.92 Å². The maximum absolute atomic E-state index is 13.5. The number of hydrogen-bond acceptors (Lipinski definition) is 8. The molecule has 2 heterocycles. The molecule has 41 heavy (non-hydrogen) atoms. The van der Waals surface area contributed by atoms with Crippen LogP contribution in [-0.4, -0.2) is 33.8 Å². The van der Waals surface area contributed by atoms with Crippen molar-refractivity contribution in [3.63, 3.8) is 0 Å². The number of aromatic nitrogens is 2. The standard InChI is InChI=1S/C30H24N4O6S/c1-3-39-29(38)19-8-7-9-21(17-19)33-27(36)25-26(41-30-31-18(2)16-24(35)34(25)30)28(37)32-20-12-14-23(15-13-20)40-22-10-5-4-6-11-22/h4-17H,3H2,1-2H3,(H,32,37)(H,33,36). The molecule has 0 radical (unpaired) electrons. The molecule has 2 N–H and O–H groups in total. The van der Waals surface area contributed by atoms with Gasteiger partial charge in [-0.15, -0.1) is 0 Å². The third-order valence-electron chi connectivity index (χ3n) is 5.79. The number of esters is 1. The van der Waals surface area contributed by atoms with Crippen LogP contribution in [0.1, 0.15) is 43.1 Å². The molecule has 3 aromatic carbocycles. The maximum atomic E-state index is 13.5. The van der Waals surface area contributed by atoms with Crippen molar-refractivity contribution in [2.45, 2.75) is 13.8 Å². The van der Waals surface area contributed by atoms with E-state index in [1.54, 1.807) is 56.3 Å². The highest BCUT2D eigenvalue weighted by atomic mass is 32.1. The van der Waals surface area contributed by atoms with Gasteiger partial charge in [0.05, 0.1) is 12.2 Å². The second-order valence-electron chi connectivity index (χ2n) is 8.78. The molecule has 10 nitrogen and oxygen atoms in total. The van der Waals surface area contributed by atoms with Gasteiger partial charge in [0.1, 0.15) is 22.1 Å². The van der Waals surface area contributed by atoms with Crippen LogP contribution in [0.4, 0.5) is 11.4 Å². The number of anilines is 2. The van der Waals surface area contributed by atoms with E-state index in [2.05, 4.69) is 15.6 Å². The summed E-state index contributed by atoms with van der Waals surface area (Å²) in [6.07, 6.45) is 0. The summed E-state index contributed by atoms with van der Waals surface area (Å²) in [6, 6.07) is 23.5. The lowest BCUT2D eigenvalue weighted by Crippen LogP contribution is -2.25. The Hall–Kier alpha value is -5.29. The first kappa shape index (κ1) is 27.3. The SMILES string of the molecule is CCOC(=O)c1cccc(NC(=O)c2c(C(=O)Nc3ccc(Oc4ccccc4)cc3)sc3nc(C)cc(=O)n23)c1. The van der Waals surface area contributed by atoms with Crippen LogP contribution in [-0.2, 0) is 4.74 Å². The number of thiazole rings is 1. The summed E-state index contributed by atoms with van der Waals surface area (Å²) in [4.78, 5) is 56.6. The van der Waals surface area contributed by atoms with Gasteiger partial charge in [-0.25, -0.2) is 14.2 Å². The lowest BCUT2D eigenvalue weighted by molar-refractivity contribution is 0.0526. The monoisotopic (exact) mass is 568 g/mol. The van der Waals surface area contributed by atoms with Crippen molar-refractivity contribution >= 4 is 45.5 Å². The Morgan fingerprint density at radius 1 is 0.854 bits per heavy atom. The fourth-order valence-electron chi connectivity index (χ4n) is 3.99. The van der Waals surface area contributed by atoms with Crippen LogP contribution in [0.3, 0.4) is 0 Å². The Morgan fingerprint density at radius 3 is 2.29 bits per heavy atom. The van der Waals surface area contributed by atoms with Gasteiger partial charge in [-0.2, -0.15) is 0 Å². The first-order chi connectivity index (χ1) is 19.8. The molecule has 0 saturated heterocycles. The molecule has 0 unspecified atom stereocenters. The highest BCUT2D eigenvalue weighted by Crippen LogP contribution is 2.26.